The number of pyridine rings is 1. The molecule has 0 aliphatic carbocycles. The monoisotopic (exact) mass is 498 g/mol. The zero-order chi connectivity index (χ0) is 25.8. The van der Waals surface area contributed by atoms with Crippen molar-refractivity contribution in [1.29, 1.82) is 0 Å². The number of halogens is 6. The van der Waals surface area contributed by atoms with Crippen LogP contribution in [0.25, 0.3) is 0 Å². The van der Waals surface area contributed by atoms with E-state index in [1.165, 1.54) is 6.07 Å². The van der Waals surface area contributed by atoms with Crippen LogP contribution in [0.2, 0.25) is 0 Å². The van der Waals surface area contributed by atoms with Crippen molar-refractivity contribution in [3.63, 3.8) is 0 Å². The molecule has 2 aromatic carbocycles. The van der Waals surface area contributed by atoms with Crippen LogP contribution in [0.5, 0.6) is 5.75 Å². The molecule has 0 fully saturated rings. The molecular weight excluding hydrogens is 478 g/mol. The van der Waals surface area contributed by atoms with Gasteiger partial charge in [0.05, 0.1) is 6.54 Å². The van der Waals surface area contributed by atoms with Crippen LogP contribution in [0.3, 0.4) is 0 Å². The molecule has 6 N–H and O–H groups in total. The first kappa shape index (κ1) is 25.8. The number of hydrazone groups is 1. The van der Waals surface area contributed by atoms with Crippen LogP contribution in [0.15, 0.2) is 59.8 Å². The van der Waals surface area contributed by atoms with Crippen molar-refractivity contribution in [1.82, 2.24) is 9.99 Å². The standard InChI is InChI=1S/C22H20F6N6O/c23-14-2-1-13(18(25)7-14)10-35-16-5-6-32-20(9-16)22(27,28)21(29,11-34(31)12-33-30)17-4-3-15(24)8-19(17)26/h1-9,12H,10-11,29-31H2/b33-12-. The van der Waals surface area contributed by atoms with Crippen molar-refractivity contribution in [2.75, 3.05) is 6.54 Å². The highest BCUT2D eigenvalue weighted by atomic mass is 19.3. The molecule has 0 saturated heterocycles. The minimum atomic E-state index is -4.12. The van der Waals surface area contributed by atoms with E-state index < -0.39 is 59.1 Å². The number of rotatable bonds is 9. The van der Waals surface area contributed by atoms with Crippen LogP contribution in [0.1, 0.15) is 16.8 Å². The topological polar surface area (TPSA) is 116 Å². The van der Waals surface area contributed by atoms with Crippen LogP contribution >= 0.6 is 0 Å². The van der Waals surface area contributed by atoms with Gasteiger partial charge < -0.3 is 16.3 Å². The van der Waals surface area contributed by atoms with E-state index in [1.807, 2.05) is 0 Å². The fourth-order valence-corrected chi connectivity index (χ4v) is 3.32. The second kappa shape index (κ2) is 10.2. The van der Waals surface area contributed by atoms with Gasteiger partial charge in [0, 0.05) is 35.5 Å². The zero-order valence-electron chi connectivity index (χ0n) is 17.9. The van der Waals surface area contributed by atoms with E-state index in [0.29, 0.717) is 17.1 Å². The maximum absolute atomic E-state index is 15.9. The third kappa shape index (κ3) is 5.46. The summed E-state index contributed by atoms with van der Waals surface area (Å²) < 4.78 is 92.1. The number of aromatic nitrogens is 1. The summed E-state index contributed by atoms with van der Waals surface area (Å²) in [5.41, 5.74) is 1.43. The van der Waals surface area contributed by atoms with E-state index in [4.69, 9.17) is 22.2 Å². The predicted octanol–water partition coefficient (Wildman–Crippen LogP) is 3.24. The second-order valence-electron chi connectivity index (χ2n) is 7.51. The summed E-state index contributed by atoms with van der Waals surface area (Å²) in [6.07, 6.45) is 1.76. The molecule has 0 radical (unpaired) electrons. The second-order valence-corrected chi connectivity index (χ2v) is 7.51. The first-order valence-electron chi connectivity index (χ1n) is 9.88. The highest BCUT2D eigenvalue weighted by molar-refractivity contribution is 5.54. The fraction of sp³-hybridized carbons (Fsp3) is 0.182. The molecule has 13 heteroatoms. The molecule has 1 atom stereocenters. The number of nitrogens with zero attached hydrogens (tertiary/aromatic N) is 3. The molecule has 0 spiro atoms. The van der Waals surface area contributed by atoms with Crippen LogP contribution < -0.4 is 22.2 Å². The smallest absolute Gasteiger partial charge is 0.313 e. The van der Waals surface area contributed by atoms with Gasteiger partial charge in [-0.25, -0.2) is 23.4 Å². The third-order valence-corrected chi connectivity index (χ3v) is 5.08. The number of benzene rings is 2. The highest BCUT2D eigenvalue weighted by Crippen LogP contribution is 2.44. The minimum Gasteiger partial charge on any atom is -0.489 e. The van der Waals surface area contributed by atoms with E-state index in [2.05, 4.69) is 10.1 Å². The van der Waals surface area contributed by atoms with Gasteiger partial charge >= 0.3 is 5.92 Å². The Labute approximate surface area is 195 Å². The van der Waals surface area contributed by atoms with Crippen LogP contribution in [-0.4, -0.2) is 22.9 Å². The van der Waals surface area contributed by atoms with Crippen LogP contribution in [-0.2, 0) is 18.1 Å². The van der Waals surface area contributed by atoms with E-state index in [0.717, 1.165) is 42.9 Å². The van der Waals surface area contributed by atoms with Crippen molar-refractivity contribution in [2.45, 2.75) is 18.1 Å². The fourth-order valence-electron chi connectivity index (χ4n) is 3.32. The normalized spacial score (nSPS) is 13.6. The lowest BCUT2D eigenvalue weighted by Crippen LogP contribution is -2.59. The molecule has 0 amide bonds. The molecule has 0 aliphatic rings. The largest absolute Gasteiger partial charge is 0.489 e. The molecule has 1 unspecified atom stereocenters. The van der Waals surface area contributed by atoms with Gasteiger partial charge in [-0.2, -0.15) is 13.9 Å². The SMILES string of the molecule is N/N=C\N(N)CC(N)(c1ccc(F)cc1F)C(F)(F)c1cc(OCc2ccc(F)cc2F)ccn1. The summed E-state index contributed by atoms with van der Waals surface area (Å²) in [5.74, 6) is 2.30. The van der Waals surface area contributed by atoms with Gasteiger partial charge in [-0.05, 0) is 24.3 Å². The third-order valence-electron chi connectivity index (χ3n) is 5.08. The molecule has 0 saturated carbocycles. The average Bonchev–Trinajstić information content (AvgIpc) is 2.78. The van der Waals surface area contributed by atoms with Gasteiger partial charge in [0.15, 0.2) is 0 Å². The zero-order valence-corrected chi connectivity index (χ0v) is 17.9. The van der Waals surface area contributed by atoms with Crippen molar-refractivity contribution >= 4 is 6.34 Å². The summed E-state index contributed by atoms with van der Waals surface area (Å²) in [6, 6.07) is 6.76. The van der Waals surface area contributed by atoms with Gasteiger partial charge in [0.1, 0.15) is 53.2 Å². The summed E-state index contributed by atoms with van der Waals surface area (Å²) in [6.45, 7) is -1.33. The molecule has 0 aliphatic heterocycles. The summed E-state index contributed by atoms with van der Waals surface area (Å²) in [7, 11) is 0. The average molecular weight is 498 g/mol. The van der Waals surface area contributed by atoms with Gasteiger partial charge in [0.2, 0.25) is 0 Å². The van der Waals surface area contributed by atoms with E-state index in [-0.39, 0.29) is 11.3 Å². The quantitative estimate of drug-likeness (QED) is 0.137. The summed E-state index contributed by atoms with van der Waals surface area (Å²) in [4.78, 5) is 3.64. The van der Waals surface area contributed by atoms with Crippen LogP contribution in [0.4, 0.5) is 26.3 Å². The van der Waals surface area contributed by atoms with Gasteiger partial charge in [0.25, 0.3) is 0 Å². The number of ether oxygens (including phenoxy) is 1. The summed E-state index contributed by atoms with van der Waals surface area (Å²) in [5, 5.41) is 3.72. The lowest BCUT2D eigenvalue weighted by atomic mass is 9.82. The first-order chi connectivity index (χ1) is 16.5. The maximum Gasteiger partial charge on any atom is 0.313 e. The van der Waals surface area contributed by atoms with Crippen molar-refractivity contribution in [2.24, 2.45) is 22.5 Å². The number of hydrazine groups is 1. The number of hydrogen-bond donors (Lipinski definition) is 3. The molecule has 35 heavy (non-hydrogen) atoms. The van der Waals surface area contributed by atoms with Gasteiger partial charge in [-0.3, -0.25) is 9.99 Å². The van der Waals surface area contributed by atoms with Gasteiger partial charge in [-0.15, -0.1) is 0 Å². The Kier molecular flexibility index (Phi) is 7.51. The highest BCUT2D eigenvalue weighted by Gasteiger charge is 2.56. The van der Waals surface area contributed by atoms with E-state index >= 15 is 8.78 Å². The Morgan fingerprint density at radius 3 is 2.26 bits per heavy atom. The van der Waals surface area contributed by atoms with Gasteiger partial charge in [-0.1, -0.05) is 6.07 Å². The first-order valence-corrected chi connectivity index (χ1v) is 9.88. The van der Waals surface area contributed by atoms with Crippen LogP contribution in [0, 0.1) is 23.3 Å². The lowest BCUT2D eigenvalue weighted by molar-refractivity contribution is -0.0965. The Morgan fingerprint density at radius 2 is 1.63 bits per heavy atom. The predicted molar refractivity (Wildman–Crippen MR) is 115 cm³/mol. The molecule has 3 rings (SSSR count). The molecule has 3 aromatic rings. The Bertz CT molecular complexity index is 1230. The van der Waals surface area contributed by atoms with Crippen molar-refractivity contribution in [3.8, 4) is 5.75 Å². The van der Waals surface area contributed by atoms with E-state index in [9.17, 15) is 17.6 Å². The molecule has 1 heterocycles. The Morgan fingerprint density at radius 1 is 0.971 bits per heavy atom. The molecule has 186 valence electrons. The van der Waals surface area contributed by atoms with E-state index in [1.54, 1.807) is 0 Å². The lowest BCUT2D eigenvalue weighted by Gasteiger charge is -2.39. The minimum absolute atomic E-state index is 0.0297. The molecular formula is C22H20F6N6O. The molecule has 0 bridgehead atoms. The Balaban J connectivity index is 1.99. The number of alkyl halides is 2. The molecule has 1 aromatic heterocycles. The number of nitrogens with two attached hydrogens (primary N) is 3. The summed E-state index contributed by atoms with van der Waals surface area (Å²) >= 11 is 0. The molecule has 7 nitrogen and oxygen atoms in total. The van der Waals surface area contributed by atoms with Crippen molar-refractivity contribution < 1.29 is 31.1 Å². The van der Waals surface area contributed by atoms with Crippen molar-refractivity contribution in [3.05, 3.63) is 94.8 Å². The maximum atomic E-state index is 15.9. The number of hydrogen-bond acceptors (Lipinski definition) is 6. The Hall–Kier alpha value is -3.84.